The number of aromatic nitrogens is 2. The fourth-order valence-electron chi connectivity index (χ4n) is 1.71. The van der Waals surface area contributed by atoms with Crippen molar-refractivity contribution in [3.8, 4) is 0 Å². The van der Waals surface area contributed by atoms with Crippen LogP contribution in [0.5, 0.6) is 0 Å². The lowest BCUT2D eigenvalue weighted by molar-refractivity contribution is 0.434. The molecule has 1 aliphatic rings. The third kappa shape index (κ3) is 2.42. The fraction of sp³-hybridized carbons (Fsp3) is 0.545. The number of nitrogens with one attached hydrogen (secondary N) is 1. The van der Waals surface area contributed by atoms with Gasteiger partial charge >= 0.3 is 0 Å². The lowest BCUT2D eigenvalue weighted by Gasteiger charge is -2.18. The van der Waals surface area contributed by atoms with E-state index in [0.717, 1.165) is 12.8 Å². The summed E-state index contributed by atoms with van der Waals surface area (Å²) < 4.78 is 26.2. The number of hydrogen-bond acceptors (Lipinski definition) is 3. The van der Waals surface area contributed by atoms with Gasteiger partial charge in [0.2, 0.25) is 0 Å². The molecule has 0 bridgehead atoms. The van der Waals surface area contributed by atoms with E-state index in [9.17, 15) is 8.42 Å². The minimum atomic E-state index is -3.45. The van der Waals surface area contributed by atoms with Gasteiger partial charge in [-0.25, -0.2) is 13.4 Å². The van der Waals surface area contributed by atoms with Crippen LogP contribution in [0.1, 0.15) is 25.6 Å². The molecule has 1 aromatic rings. The average molecular weight is 255 g/mol. The van der Waals surface area contributed by atoms with Gasteiger partial charge < -0.3 is 4.98 Å². The van der Waals surface area contributed by atoms with E-state index in [0.29, 0.717) is 18.8 Å². The highest BCUT2D eigenvalue weighted by molar-refractivity contribution is 7.89. The van der Waals surface area contributed by atoms with Crippen molar-refractivity contribution in [2.45, 2.75) is 37.3 Å². The van der Waals surface area contributed by atoms with Crippen LogP contribution in [0, 0.1) is 0 Å². The predicted octanol–water partition coefficient (Wildman–Crippen LogP) is 1.31. The number of sulfonamides is 1. The van der Waals surface area contributed by atoms with E-state index in [1.165, 1.54) is 10.5 Å². The van der Waals surface area contributed by atoms with Crippen LogP contribution in [-0.4, -0.2) is 35.3 Å². The molecule has 0 atom stereocenters. The largest absolute Gasteiger partial charge is 0.332 e. The second kappa shape index (κ2) is 4.62. The van der Waals surface area contributed by atoms with E-state index < -0.39 is 10.0 Å². The molecule has 17 heavy (non-hydrogen) atoms. The van der Waals surface area contributed by atoms with Gasteiger partial charge in [-0.3, -0.25) is 0 Å². The summed E-state index contributed by atoms with van der Waals surface area (Å²) in [6, 6.07) is 0.131. The van der Waals surface area contributed by atoms with Crippen LogP contribution in [0.2, 0.25) is 0 Å². The molecule has 1 aliphatic carbocycles. The molecule has 0 spiro atoms. The summed E-state index contributed by atoms with van der Waals surface area (Å²) in [6.45, 7) is 5.89. The Morgan fingerprint density at radius 1 is 1.65 bits per heavy atom. The second-order valence-corrected chi connectivity index (χ2v) is 6.00. The van der Waals surface area contributed by atoms with Gasteiger partial charge in [-0.05, 0) is 12.8 Å². The molecule has 0 amide bonds. The van der Waals surface area contributed by atoms with Gasteiger partial charge in [0.15, 0.2) is 5.03 Å². The van der Waals surface area contributed by atoms with Gasteiger partial charge in [-0.1, -0.05) is 13.0 Å². The molecule has 5 nitrogen and oxygen atoms in total. The number of nitrogens with zero attached hydrogens (tertiary/aromatic N) is 2. The highest BCUT2D eigenvalue weighted by Crippen LogP contribution is 2.31. The SMILES string of the molecule is C=CCN(C1CC1)S(=O)(=O)c1cnc(CC)[nH]1. The van der Waals surface area contributed by atoms with Gasteiger partial charge in [-0.15, -0.1) is 6.58 Å². The van der Waals surface area contributed by atoms with Crippen molar-refractivity contribution in [1.29, 1.82) is 0 Å². The second-order valence-electron chi connectivity index (χ2n) is 4.14. The Labute approximate surface area is 102 Å². The molecule has 0 unspecified atom stereocenters. The zero-order chi connectivity index (χ0) is 12.5. The maximum Gasteiger partial charge on any atom is 0.260 e. The molecule has 6 heteroatoms. The third-order valence-electron chi connectivity index (χ3n) is 2.79. The van der Waals surface area contributed by atoms with Gasteiger partial charge in [0, 0.05) is 19.0 Å². The zero-order valence-corrected chi connectivity index (χ0v) is 10.7. The van der Waals surface area contributed by atoms with Crippen LogP contribution in [0.3, 0.4) is 0 Å². The molecule has 2 rings (SSSR count). The Kier molecular flexibility index (Phi) is 3.35. The molecule has 0 saturated heterocycles. The molecule has 94 valence electrons. The predicted molar refractivity (Wildman–Crippen MR) is 65.1 cm³/mol. The van der Waals surface area contributed by atoms with Crippen LogP contribution in [-0.2, 0) is 16.4 Å². The first-order valence-electron chi connectivity index (χ1n) is 5.76. The lowest BCUT2D eigenvalue weighted by atomic mass is 10.5. The smallest absolute Gasteiger partial charge is 0.260 e. The molecular weight excluding hydrogens is 238 g/mol. The van der Waals surface area contributed by atoms with Crippen molar-refractivity contribution in [2.75, 3.05) is 6.54 Å². The summed E-state index contributed by atoms with van der Waals surface area (Å²) in [7, 11) is -3.45. The molecule has 0 aliphatic heterocycles. The molecule has 1 heterocycles. The number of aryl methyl sites for hydroxylation is 1. The highest BCUT2D eigenvalue weighted by Gasteiger charge is 2.38. The van der Waals surface area contributed by atoms with Crippen LogP contribution >= 0.6 is 0 Å². The van der Waals surface area contributed by atoms with Crippen molar-refractivity contribution in [3.63, 3.8) is 0 Å². The number of hydrogen-bond donors (Lipinski definition) is 1. The average Bonchev–Trinajstić information content (AvgIpc) is 3.01. The lowest BCUT2D eigenvalue weighted by Crippen LogP contribution is -2.33. The van der Waals surface area contributed by atoms with Crippen molar-refractivity contribution >= 4 is 10.0 Å². The van der Waals surface area contributed by atoms with E-state index in [-0.39, 0.29) is 11.1 Å². The Hall–Kier alpha value is -1.14. The monoisotopic (exact) mass is 255 g/mol. The summed E-state index contributed by atoms with van der Waals surface area (Å²) in [5.74, 6) is 0.693. The zero-order valence-electron chi connectivity index (χ0n) is 9.89. The minimum Gasteiger partial charge on any atom is -0.332 e. The number of imidazole rings is 1. The number of rotatable bonds is 6. The normalized spacial score (nSPS) is 16.4. The highest BCUT2D eigenvalue weighted by atomic mass is 32.2. The van der Waals surface area contributed by atoms with E-state index >= 15 is 0 Å². The first-order valence-corrected chi connectivity index (χ1v) is 7.20. The summed E-state index contributed by atoms with van der Waals surface area (Å²) in [4.78, 5) is 6.89. The van der Waals surface area contributed by atoms with Crippen LogP contribution in [0.4, 0.5) is 0 Å². The van der Waals surface area contributed by atoms with Gasteiger partial charge in [0.25, 0.3) is 10.0 Å². The number of aromatic amines is 1. The van der Waals surface area contributed by atoms with E-state index in [4.69, 9.17) is 0 Å². The molecule has 0 radical (unpaired) electrons. The summed E-state index contributed by atoms with van der Waals surface area (Å²) in [6.07, 6.45) is 5.57. The fourth-order valence-corrected chi connectivity index (χ4v) is 3.30. The van der Waals surface area contributed by atoms with Crippen molar-refractivity contribution in [3.05, 3.63) is 24.7 Å². The standard InChI is InChI=1S/C11H17N3O2S/c1-3-7-14(9-5-6-9)17(15,16)11-8-12-10(4-2)13-11/h3,8-9H,1,4-7H2,2H3,(H,12,13). The van der Waals surface area contributed by atoms with Gasteiger partial charge in [-0.2, -0.15) is 4.31 Å². The maximum absolute atomic E-state index is 12.3. The maximum atomic E-state index is 12.3. The van der Waals surface area contributed by atoms with Crippen molar-refractivity contribution < 1.29 is 8.42 Å². The summed E-state index contributed by atoms with van der Waals surface area (Å²) in [5, 5.41) is 0.183. The summed E-state index contributed by atoms with van der Waals surface area (Å²) in [5.41, 5.74) is 0. The van der Waals surface area contributed by atoms with E-state index in [2.05, 4.69) is 16.5 Å². The molecular formula is C11H17N3O2S. The first-order chi connectivity index (χ1) is 8.09. The Balaban J connectivity index is 2.29. The Morgan fingerprint density at radius 2 is 2.35 bits per heavy atom. The molecule has 1 fully saturated rings. The number of H-pyrrole nitrogens is 1. The molecule has 1 saturated carbocycles. The van der Waals surface area contributed by atoms with Gasteiger partial charge in [0.05, 0.1) is 6.20 Å². The Morgan fingerprint density at radius 3 is 2.82 bits per heavy atom. The van der Waals surface area contributed by atoms with E-state index in [1.54, 1.807) is 6.08 Å². The minimum absolute atomic E-state index is 0.131. The van der Waals surface area contributed by atoms with Crippen LogP contribution in [0.25, 0.3) is 0 Å². The van der Waals surface area contributed by atoms with Crippen molar-refractivity contribution in [2.24, 2.45) is 0 Å². The quantitative estimate of drug-likeness (QED) is 0.779. The van der Waals surface area contributed by atoms with Crippen LogP contribution < -0.4 is 0 Å². The van der Waals surface area contributed by atoms with E-state index in [1.807, 2.05) is 6.92 Å². The van der Waals surface area contributed by atoms with Gasteiger partial charge in [0.1, 0.15) is 5.82 Å². The summed E-state index contributed by atoms with van der Waals surface area (Å²) >= 11 is 0. The Bertz CT molecular complexity index is 503. The topological polar surface area (TPSA) is 66.1 Å². The molecule has 1 N–H and O–H groups in total. The molecule has 0 aromatic carbocycles. The first kappa shape index (κ1) is 12.3. The van der Waals surface area contributed by atoms with Crippen molar-refractivity contribution in [1.82, 2.24) is 14.3 Å². The third-order valence-corrected chi connectivity index (χ3v) is 4.62. The molecule has 1 aromatic heterocycles. The van der Waals surface area contributed by atoms with Crippen LogP contribution in [0.15, 0.2) is 23.9 Å².